The van der Waals surface area contributed by atoms with E-state index >= 15 is 0 Å². The number of hydrogen-bond donors (Lipinski definition) is 2. The van der Waals surface area contributed by atoms with Crippen molar-refractivity contribution in [1.82, 2.24) is 15.3 Å². The highest BCUT2D eigenvalue weighted by Gasteiger charge is 2.04. The summed E-state index contributed by atoms with van der Waals surface area (Å²) in [6.45, 7) is 4.70. The molecule has 1 aromatic rings. The number of aromatic nitrogens is 2. The Balaban J connectivity index is 2.34. The molecule has 0 bridgehead atoms. The third-order valence-electron chi connectivity index (χ3n) is 1.80. The van der Waals surface area contributed by atoms with Gasteiger partial charge >= 0.3 is 0 Å². The van der Waals surface area contributed by atoms with E-state index in [4.69, 9.17) is 11.6 Å². The highest BCUT2D eigenvalue weighted by molar-refractivity contribution is 6.28. The number of halogens is 1. The van der Waals surface area contributed by atoms with Crippen LogP contribution in [0.15, 0.2) is 12.3 Å². The van der Waals surface area contributed by atoms with E-state index in [-0.39, 0.29) is 11.2 Å². The molecule has 0 aliphatic rings. The largest absolute Gasteiger partial charge is 0.314 e. The average molecular weight is 243 g/mol. The van der Waals surface area contributed by atoms with Crippen molar-refractivity contribution in [2.45, 2.75) is 26.3 Å². The zero-order valence-corrected chi connectivity index (χ0v) is 10.1. The van der Waals surface area contributed by atoms with Gasteiger partial charge in [-0.15, -0.1) is 0 Å². The molecule has 0 spiro atoms. The van der Waals surface area contributed by atoms with Crippen LogP contribution >= 0.6 is 11.6 Å². The fourth-order valence-corrected chi connectivity index (χ4v) is 1.23. The van der Waals surface area contributed by atoms with Crippen LogP contribution in [0.3, 0.4) is 0 Å². The van der Waals surface area contributed by atoms with Crippen LogP contribution in [-0.2, 0) is 4.79 Å². The van der Waals surface area contributed by atoms with Crippen LogP contribution in [0.1, 0.15) is 20.3 Å². The summed E-state index contributed by atoms with van der Waals surface area (Å²) < 4.78 is 0. The molecule has 1 amide bonds. The molecule has 88 valence electrons. The van der Waals surface area contributed by atoms with Gasteiger partial charge in [-0.2, -0.15) is 0 Å². The SMILES string of the molecule is CC(C)NCCC(=O)Nc1ccnc(Cl)n1. The number of carbonyl (C=O) groups is 1. The van der Waals surface area contributed by atoms with Crippen LogP contribution in [0, 0.1) is 0 Å². The van der Waals surface area contributed by atoms with Gasteiger partial charge in [0.25, 0.3) is 0 Å². The highest BCUT2D eigenvalue weighted by Crippen LogP contribution is 2.05. The molecule has 16 heavy (non-hydrogen) atoms. The zero-order valence-electron chi connectivity index (χ0n) is 9.33. The predicted molar refractivity (Wildman–Crippen MR) is 63.4 cm³/mol. The highest BCUT2D eigenvalue weighted by atomic mass is 35.5. The maximum Gasteiger partial charge on any atom is 0.226 e. The van der Waals surface area contributed by atoms with Crippen molar-refractivity contribution >= 4 is 23.3 Å². The first-order chi connectivity index (χ1) is 7.58. The minimum Gasteiger partial charge on any atom is -0.314 e. The molecule has 0 saturated heterocycles. The molecular formula is C10H15ClN4O. The number of carbonyl (C=O) groups excluding carboxylic acids is 1. The normalized spacial score (nSPS) is 10.5. The second kappa shape index (κ2) is 6.40. The number of amides is 1. The van der Waals surface area contributed by atoms with E-state index in [0.717, 1.165) is 0 Å². The summed E-state index contributed by atoms with van der Waals surface area (Å²) >= 11 is 5.59. The van der Waals surface area contributed by atoms with Crippen molar-refractivity contribution in [2.75, 3.05) is 11.9 Å². The van der Waals surface area contributed by atoms with Crippen molar-refractivity contribution in [3.8, 4) is 0 Å². The molecule has 0 aromatic carbocycles. The van der Waals surface area contributed by atoms with E-state index in [0.29, 0.717) is 24.8 Å². The van der Waals surface area contributed by atoms with Crippen LogP contribution in [0.2, 0.25) is 5.28 Å². The van der Waals surface area contributed by atoms with E-state index in [2.05, 4.69) is 20.6 Å². The fraction of sp³-hybridized carbons (Fsp3) is 0.500. The van der Waals surface area contributed by atoms with Gasteiger partial charge in [0.05, 0.1) is 0 Å². The van der Waals surface area contributed by atoms with Gasteiger partial charge in [0, 0.05) is 25.2 Å². The molecular weight excluding hydrogens is 228 g/mol. The van der Waals surface area contributed by atoms with Crippen LogP contribution < -0.4 is 10.6 Å². The zero-order chi connectivity index (χ0) is 12.0. The van der Waals surface area contributed by atoms with Gasteiger partial charge in [0.2, 0.25) is 11.2 Å². The number of nitrogens with zero attached hydrogens (tertiary/aromatic N) is 2. The van der Waals surface area contributed by atoms with Crippen LogP contribution in [-0.4, -0.2) is 28.5 Å². The van der Waals surface area contributed by atoms with Crippen molar-refractivity contribution in [1.29, 1.82) is 0 Å². The summed E-state index contributed by atoms with van der Waals surface area (Å²) in [6, 6.07) is 1.97. The Kier molecular flexibility index (Phi) is 5.14. The predicted octanol–water partition coefficient (Wildman–Crippen LogP) is 1.46. The van der Waals surface area contributed by atoms with Gasteiger partial charge in [-0.3, -0.25) is 4.79 Å². The lowest BCUT2D eigenvalue weighted by molar-refractivity contribution is -0.116. The Hall–Kier alpha value is -1.20. The number of anilines is 1. The topological polar surface area (TPSA) is 66.9 Å². The third kappa shape index (κ3) is 5.04. The molecule has 5 nitrogen and oxygen atoms in total. The smallest absolute Gasteiger partial charge is 0.226 e. The fourth-order valence-electron chi connectivity index (χ4n) is 1.08. The molecule has 0 saturated carbocycles. The summed E-state index contributed by atoms with van der Waals surface area (Å²) in [7, 11) is 0. The summed E-state index contributed by atoms with van der Waals surface area (Å²) in [5, 5.41) is 5.92. The van der Waals surface area contributed by atoms with Gasteiger partial charge in [-0.05, 0) is 17.7 Å². The first-order valence-electron chi connectivity index (χ1n) is 5.09. The van der Waals surface area contributed by atoms with Crippen molar-refractivity contribution in [2.24, 2.45) is 0 Å². The molecule has 1 aromatic heterocycles. The molecule has 0 unspecified atom stereocenters. The van der Waals surface area contributed by atoms with Gasteiger partial charge in [-0.1, -0.05) is 13.8 Å². The second-order valence-corrected chi connectivity index (χ2v) is 3.96. The first-order valence-corrected chi connectivity index (χ1v) is 5.47. The number of hydrogen-bond acceptors (Lipinski definition) is 4. The molecule has 0 fully saturated rings. The van der Waals surface area contributed by atoms with Crippen LogP contribution in [0.4, 0.5) is 5.82 Å². The van der Waals surface area contributed by atoms with Crippen LogP contribution in [0.25, 0.3) is 0 Å². The second-order valence-electron chi connectivity index (χ2n) is 3.62. The molecule has 2 N–H and O–H groups in total. The van der Waals surface area contributed by atoms with E-state index in [1.165, 1.54) is 6.20 Å². The van der Waals surface area contributed by atoms with Gasteiger partial charge < -0.3 is 10.6 Å². The minimum absolute atomic E-state index is 0.0945. The Labute approximate surface area is 99.6 Å². The molecule has 0 aliphatic heterocycles. The Morgan fingerprint density at radius 2 is 2.31 bits per heavy atom. The Morgan fingerprint density at radius 3 is 2.94 bits per heavy atom. The minimum atomic E-state index is -0.0945. The van der Waals surface area contributed by atoms with Crippen molar-refractivity contribution in [3.05, 3.63) is 17.5 Å². The molecule has 1 rings (SSSR count). The standard InChI is InChI=1S/C10H15ClN4O/c1-7(2)12-6-4-9(16)14-8-3-5-13-10(11)15-8/h3,5,7,12H,4,6H2,1-2H3,(H,13,14,15,16). The molecule has 1 heterocycles. The summed E-state index contributed by atoms with van der Waals surface area (Å²) in [4.78, 5) is 19.0. The number of nitrogens with one attached hydrogen (secondary N) is 2. The molecule has 0 atom stereocenters. The van der Waals surface area contributed by atoms with Crippen molar-refractivity contribution < 1.29 is 4.79 Å². The van der Waals surface area contributed by atoms with E-state index in [1.807, 2.05) is 13.8 Å². The Bertz CT molecular complexity index is 356. The summed E-state index contributed by atoms with van der Waals surface area (Å²) in [6.07, 6.45) is 1.90. The van der Waals surface area contributed by atoms with Crippen LogP contribution in [0.5, 0.6) is 0 Å². The van der Waals surface area contributed by atoms with E-state index < -0.39 is 0 Å². The monoisotopic (exact) mass is 242 g/mol. The van der Waals surface area contributed by atoms with Gasteiger partial charge in [-0.25, -0.2) is 9.97 Å². The molecule has 0 aliphatic carbocycles. The third-order valence-corrected chi connectivity index (χ3v) is 1.98. The number of rotatable bonds is 5. The Morgan fingerprint density at radius 1 is 1.56 bits per heavy atom. The average Bonchev–Trinajstić information content (AvgIpc) is 2.16. The summed E-state index contributed by atoms with van der Waals surface area (Å²) in [5.41, 5.74) is 0. The maximum absolute atomic E-state index is 11.5. The first kappa shape index (κ1) is 12.9. The lowest BCUT2D eigenvalue weighted by Crippen LogP contribution is -2.27. The lowest BCUT2D eigenvalue weighted by atomic mass is 10.3. The summed E-state index contributed by atoms with van der Waals surface area (Å²) in [5.74, 6) is 0.331. The molecule has 0 radical (unpaired) electrons. The van der Waals surface area contributed by atoms with E-state index in [9.17, 15) is 4.79 Å². The van der Waals surface area contributed by atoms with Gasteiger partial charge in [0.15, 0.2) is 0 Å². The quantitative estimate of drug-likeness (QED) is 0.767. The van der Waals surface area contributed by atoms with E-state index in [1.54, 1.807) is 6.07 Å². The van der Waals surface area contributed by atoms with Gasteiger partial charge in [0.1, 0.15) is 5.82 Å². The lowest BCUT2D eigenvalue weighted by Gasteiger charge is -2.07. The van der Waals surface area contributed by atoms with Crippen molar-refractivity contribution in [3.63, 3.8) is 0 Å². The maximum atomic E-state index is 11.5. The molecule has 6 heteroatoms.